The van der Waals surface area contributed by atoms with E-state index in [0.29, 0.717) is 0 Å². The van der Waals surface area contributed by atoms with Crippen LogP contribution in [0.2, 0.25) is 0 Å². The molecule has 0 saturated heterocycles. The molecule has 0 unspecified atom stereocenters. The van der Waals surface area contributed by atoms with Crippen LogP contribution in [-0.2, 0) is 10.0 Å². The number of para-hydroxylation sites is 1. The Balaban J connectivity index is 2.29. The van der Waals surface area contributed by atoms with E-state index < -0.39 is 31.6 Å². The normalized spacial score (nSPS) is 12.0. The highest BCUT2D eigenvalue weighted by Gasteiger charge is 2.54. The summed E-state index contributed by atoms with van der Waals surface area (Å²) in [5.41, 5.74) is -5.38. The zero-order chi connectivity index (χ0) is 15.5. The fourth-order valence-electron chi connectivity index (χ4n) is 1.36. The topological polar surface area (TPSA) is 59.5 Å². The molecule has 0 aliphatic heterocycles. The Bertz CT molecular complexity index is 696. The van der Waals surface area contributed by atoms with Gasteiger partial charge in [0.15, 0.2) is 0 Å². The van der Waals surface area contributed by atoms with Crippen LogP contribution in [0.4, 0.5) is 18.9 Å². The second-order valence-corrected chi connectivity index (χ2v) is 5.53. The fraction of sp³-hybridized carbons (Fsp3) is 0.0833. The lowest BCUT2D eigenvalue weighted by Crippen LogP contribution is -2.43. The quantitative estimate of drug-likeness (QED) is 0.795. The van der Waals surface area contributed by atoms with Crippen LogP contribution in [0.15, 0.2) is 54.7 Å². The maximum atomic E-state index is 13.8. The van der Waals surface area contributed by atoms with E-state index >= 15 is 0 Å². The Morgan fingerprint density at radius 2 is 1.67 bits per heavy atom. The lowest BCUT2D eigenvalue weighted by molar-refractivity contribution is -0.101. The number of benzene rings is 1. The van der Waals surface area contributed by atoms with Crippen molar-refractivity contribution in [1.29, 1.82) is 0 Å². The average molecular weight is 318 g/mol. The third-order valence-electron chi connectivity index (χ3n) is 2.33. The summed E-state index contributed by atoms with van der Waals surface area (Å²) in [5, 5.41) is 0. The molecule has 0 radical (unpaired) electrons. The number of aromatic nitrogens is 1. The number of pyridine rings is 1. The van der Waals surface area contributed by atoms with Gasteiger partial charge in [-0.25, -0.2) is 4.98 Å². The van der Waals surface area contributed by atoms with Gasteiger partial charge >= 0.3 is 15.5 Å². The lowest BCUT2D eigenvalue weighted by Gasteiger charge is -2.21. The van der Waals surface area contributed by atoms with Gasteiger partial charge < -0.3 is 4.74 Å². The number of hydrogen-bond acceptors (Lipinski definition) is 4. The van der Waals surface area contributed by atoms with Gasteiger partial charge in [-0.2, -0.15) is 8.42 Å². The van der Waals surface area contributed by atoms with Crippen LogP contribution in [0.5, 0.6) is 5.88 Å². The Morgan fingerprint density at radius 1 is 1.05 bits per heavy atom. The molecule has 1 heterocycles. The Hall–Kier alpha value is -2.29. The molecule has 21 heavy (non-hydrogen) atoms. The average Bonchev–Trinajstić information content (AvgIpc) is 2.47. The van der Waals surface area contributed by atoms with Crippen LogP contribution in [0.3, 0.4) is 0 Å². The highest BCUT2D eigenvalue weighted by molar-refractivity contribution is 7.93. The first-order valence-electron chi connectivity index (χ1n) is 5.58. The molecule has 112 valence electrons. The van der Waals surface area contributed by atoms with E-state index in [1.807, 2.05) is 0 Å². The van der Waals surface area contributed by atoms with E-state index in [2.05, 4.69) is 9.72 Å². The molecule has 1 aromatic carbocycles. The first kappa shape index (κ1) is 15.1. The molecule has 0 spiro atoms. The van der Waals surface area contributed by atoms with E-state index in [1.54, 1.807) is 0 Å². The standard InChI is InChI=1S/C12H9F3N2O3S/c13-12(14,20-11-8-4-5-9-16-11)21(18,19)17(15)10-6-2-1-3-7-10/h1-9H. The number of rotatable bonds is 5. The largest absolute Gasteiger partial charge is 0.531 e. The molecule has 5 nitrogen and oxygen atoms in total. The van der Waals surface area contributed by atoms with Gasteiger partial charge in [-0.15, -0.1) is 8.78 Å². The van der Waals surface area contributed by atoms with Crippen LogP contribution in [0, 0.1) is 0 Å². The summed E-state index contributed by atoms with van der Waals surface area (Å²) in [4.78, 5) is 3.40. The monoisotopic (exact) mass is 318 g/mol. The lowest BCUT2D eigenvalue weighted by atomic mass is 10.3. The summed E-state index contributed by atoms with van der Waals surface area (Å²) in [5.74, 6) is -0.646. The molecule has 0 bridgehead atoms. The second-order valence-electron chi connectivity index (χ2n) is 3.79. The third kappa shape index (κ3) is 3.07. The number of halogens is 3. The van der Waals surface area contributed by atoms with E-state index in [9.17, 15) is 21.7 Å². The fourth-order valence-corrected chi connectivity index (χ4v) is 2.14. The van der Waals surface area contributed by atoms with Gasteiger partial charge in [0.2, 0.25) is 5.88 Å². The molecule has 0 fully saturated rings. The van der Waals surface area contributed by atoms with Gasteiger partial charge in [0.25, 0.3) is 0 Å². The van der Waals surface area contributed by atoms with Crippen molar-refractivity contribution in [2.75, 3.05) is 4.53 Å². The van der Waals surface area contributed by atoms with Gasteiger partial charge in [-0.3, -0.25) is 0 Å². The molecular formula is C12H9F3N2O3S. The molecule has 9 heteroatoms. The van der Waals surface area contributed by atoms with Crippen molar-refractivity contribution >= 4 is 15.7 Å². The molecule has 1 aromatic heterocycles. The SMILES string of the molecule is O=S(=O)(N(F)c1ccccc1)C(F)(F)Oc1ccccn1. The summed E-state index contributed by atoms with van der Waals surface area (Å²) in [6.45, 7) is 0. The molecular weight excluding hydrogens is 309 g/mol. The van der Waals surface area contributed by atoms with Crippen molar-refractivity contribution in [1.82, 2.24) is 4.98 Å². The minimum absolute atomic E-state index is 0.568. The smallest absolute Gasteiger partial charge is 0.401 e. The number of hydrogen-bond donors (Lipinski definition) is 0. The van der Waals surface area contributed by atoms with Gasteiger partial charge in [0.1, 0.15) is 0 Å². The van der Waals surface area contributed by atoms with E-state index in [1.165, 1.54) is 30.3 Å². The van der Waals surface area contributed by atoms with Crippen molar-refractivity contribution < 1.29 is 26.4 Å². The first-order chi connectivity index (χ1) is 9.84. The van der Waals surface area contributed by atoms with Crippen molar-refractivity contribution in [3.8, 4) is 5.88 Å². The maximum Gasteiger partial charge on any atom is 0.531 e. The Kier molecular flexibility index (Phi) is 4.03. The van der Waals surface area contributed by atoms with Crippen LogP contribution in [0.1, 0.15) is 0 Å². The predicted molar refractivity (Wildman–Crippen MR) is 68.8 cm³/mol. The zero-order valence-electron chi connectivity index (χ0n) is 10.4. The van der Waals surface area contributed by atoms with E-state index in [4.69, 9.17) is 0 Å². The zero-order valence-corrected chi connectivity index (χ0v) is 11.2. The molecule has 0 aliphatic rings. The summed E-state index contributed by atoms with van der Waals surface area (Å²) >= 11 is 0. The van der Waals surface area contributed by atoms with E-state index in [-0.39, 0.29) is 0 Å². The minimum Gasteiger partial charge on any atom is -0.401 e. The molecule has 0 amide bonds. The Labute approximate surface area is 118 Å². The van der Waals surface area contributed by atoms with E-state index in [0.717, 1.165) is 24.4 Å². The summed E-state index contributed by atoms with van der Waals surface area (Å²) in [7, 11) is -5.72. The number of alkyl halides is 2. The van der Waals surface area contributed by atoms with Crippen LogP contribution in [0.25, 0.3) is 0 Å². The molecule has 0 N–H and O–H groups in total. The highest BCUT2D eigenvalue weighted by atomic mass is 32.2. The van der Waals surface area contributed by atoms with Gasteiger partial charge in [0, 0.05) is 12.3 Å². The maximum absolute atomic E-state index is 13.8. The summed E-state index contributed by atoms with van der Waals surface area (Å²) < 4.78 is 67.3. The number of sulfonamides is 1. The third-order valence-corrected chi connectivity index (χ3v) is 3.65. The molecule has 0 aliphatic carbocycles. The van der Waals surface area contributed by atoms with Crippen LogP contribution >= 0.6 is 0 Å². The molecule has 2 rings (SSSR count). The summed E-state index contributed by atoms with van der Waals surface area (Å²) in [6.07, 6.45) is 1.13. The van der Waals surface area contributed by atoms with Crippen molar-refractivity contribution in [2.45, 2.75) is 5.44 Å². The first-order valence-corrected chi connectivity index (χ1v) is 7.02. The number of ether oxygens (including phenoxy) is 1. The van der Waals surface area contributed by atoms with Crippen molar-refractivity contribution in [3.05, 3.63) is 54.7 Å². The van der Waals surface area contributed by atoms with Gasteiger partial charge in [-0.05, 0) is 18.2 Å². The van der Waals surface area contributed by atoms with Crippen LogP contribution < -0.4 is 9.26 Å². The predicted octanol–water partition coefficient (Wildman–Crippen LogP) is 2.73. The molecule has 0 saturated carbocycles. The Morgan fingerprint density at radius 3 is 2.24 bits per heavy atom. The van der Waals surface area contributed by atoms with Gasteiger partial charge in [0.05, 0.1) is 5.69 Å². The van der Waals surface area contributed by atoms with Crippen molar-refractivity contribution in [2.24, 2.45) is 0 Å². The van der Waals surface area contributed by atoms with Crippen molar-refractivity contribution in [3.63, 3.8) is 0 Å². The second kappa shape index (κ2) is 5.60. The number of nitrogens with zero attached hydrogens (tertiary/aromatic N) is 2. The van der Waals surface area contributed by atoms with Gasteiger partial charge in [-0.1, -0.05) is 33.3 Å². The molecule has 2 aromatic rings. The highest BCUT2D eigenvalue weighted by Crippen LogP contribution is 2.31. The number of anilines is 1. The molecule has 0 atom stereocenters. The minimum atomic E-state index is -5.72. The van der Waals surface area contributed by atoms with Crippen LogP contribution in [-0.4, -0.2) is 18.8 Å². The summed E-state index contributed by atoms with van der Waals surface area (Å²) in [6, 6.07) is 9.88.